The Labute approximate surface area is 110 Å². The van der Waals surface area contributed by atoms with Gasteiger partial charge in [-0.1, -0.05) is 6.07 Å². The largest absolute Gasteiger partial charge is 0.479 e. The van der Waals surface area contributed by atoms with Gasteiger partial charge < -0.3 is 10.0 Å². The fourth-order valence-corrected chi connectivity index (χ4v) is 2.89. The molecule has 0 radical (unpaired) electrons. The van der Waals surface area contributed by atoms with Crippen LogP contribution in [0.1, 0.15) is 24.1 Å². The normalized spacial score (nSPS) is 18.2. The number of rotatable bonds is 2. The van der Waals surface area contributed by atoms with Gasteiger partial charge in [-0.15, -0.1) is 0 Å². The molecule has 1 amide bonds. The zero-order chi connectivity index (χ0) is 14.4. The number of fused-ring (bicyclic) bond motifs is 1. The molecule has 0 saturated heterocycles. The molecule has 0 spiro atoms. The Morgan fingerprint density at radius 2 is 2.00 bits per heavy atom. The first-order valence-corrected chi connectivity index (χ1v) is 7.44. The maximum absolute atomic E-state index is 11.5. The van der Waals surface area contributed by atoms with Crippen LogP contribution in [0.2, 0.25) is 0 Å². The van der Waals surface area contributed by atoms with E-state index in [1.807, 2.05) is 0 Å². The molecule has 2 rings (SSSR count). The number of aliphatic carboxylic acids is 1. The summed E-state index contributed by atoms with van der Waals surface area (Å²) in [6.45, 7) is 1.41. The standard InChI is InChI=1S/C12H13NO5S/c1-7(14)13-6-8-5-9(19(2,17)18)3-4-10(8)11(13)12(15)16/h3-5,11H,6H2,1-2H3,(H,15,16). The number of carboxylic acids is 1. The van der Waals surface area contributed by atoms with Crippen molar-refractivity contribution in [3.05, 3.63) is 29.3 Å². The molecule has 19 heavy (non-hydrogen) atoms. The summed E-state index contributed by atoms with van der Waals surface area (Å²) >= 11 is 0. The van der Waals surface area contributed by atoms with Crippen molar-refractivity contribution in [2.45, 2.75) is 24.4 Å². The lowest BCUT2D eigenvalue weighted by molar-refractivity contribution is -0.149. The first-order valence-electron chi connectivity index (χ1n) is 5.54. The minimum absolute atomic E-state index is 0.116. The molecule has 1 aliphatic heterocycles. The average molecular weight is 283 g/mol. The van der Waals surface area contributed by atoms with E-state index in [0.717, 1.165) is 6.26 Å². The van der Waals surface area contributed by atoms with E-state index >= 15 is 0 Å². The summed E-state index contributed by atoms with van der Waals surface area (Å²) in [7, 11) is -3.35. The van der Waals surface area contributed by atoms with Gasteiger partial charge in [0.05, 0.1) is 4.90 Å². The number of carboxylic acid groups (broad SMARTS) is 1. The van der Waals surface area contributed by atoms with Gasteiger partial charge in [0.1, 0.15) is 0 Å². The van der Waals surface area contributed by atoms with Crippen molar-refractivity contribution in [2.24, 2.45) is 0 Å². The molecular formula is C12H13NO5S. The van der Waals surface area contributed by atoms with Crippen LogP contribution in [-0.4, -0.2) is 36.6 Å². The lowest BCUT2D eigenvalue weighted by atomic mass is 10.1. The lowest BCUT2D eigenvalue weighted by Crippen LogP contribution is -2.31. The third kappa shape index (κ3) is 2.33. The highest BCUT2D eigenvalue weighted by atomic mass is 32.2. The maximum atomic E-state index is 11.5. The van der Waals surface area contributed by atoms with Gasteiger partial charge in [0, 0.05) is 19.7 Å². The predicted molar refractivity (Wildman–Crippen MR) is 66.2 cm³/mol. The quantitative estimate of drug-likeness (QED) is 0.857. The number of nitrogens with zero attached hydrogens (tertiary/aromatic N) is 1. The van der Waals surface area contributed by atoms with Crippen LogP contribution in [0, 0.1) is 0 Å². The van der Waals surface area contributed by atoms with Gasteiger partial charge in [0.15, 0.2) is 15.9 Å². The summed E-state index contributed by atoms with van der Waals surface area (Å²) < 4.78 is 22.9. The summed E-state index contributed by atoms with van der Waals surface area (Å²) in [5.74, 6) is -1.48. The highest BCUT2D eigenvalue weighted by Crippen LogP contribution is 2.35. The van der Waals surface area contributed by atoms with Crippen LogP contribution in [0.15, 0.2) is 23.1 Å². The van der Waals surface area contributed by atoms with Gasteiger partial charge in [0.25, 0.3) is 0 Å². The topological polar surface area (TPSA) is 91.8 Å². The predicted octanol–water partition coefficient (Wildman–Crippen LogP) is 0.578. The van der Waals surface area contributed by atoms with Crippen LogP contribution in [0.25, 0.3) is 0 Å². The molecule has 0 fully saturated rings. The molecule has 1 heterocycles. The van der Waals surface area contributed by atoms with E-state index in [-0.39, 0.29) is 17.3 Å². The Balaban J connectivity index is 2.54. The van der Waals surface area contributed by atoms with Crippen LogP contribution in [0.5, 0.6) is 0 Å². The Kier molecular flexibility index (Phi) is 3.09. The average Bonchev–Trinajstić information content (AvgIpc) is 2.65. The molecule has 1 N–H and O–H groups in total. The van der Waals surface area contributed by atoms with Crippen LogP contribution < -0.4 is 0 Å². The van der Waals surface area contributed by atoms with Gasteiger partial charge in [-0.05, 0) is 23.3 Å². The second-order valence-corrected chi connectivity index (χ2v) is 6.54. The molecule has 7 heteroatoms. The highest BCUT2D eigenvalue weighted by Gasteiger charge is 2.37. The van der Waals surface area contributed by atoms with Crippen LogP contribution >= 0.6 is 0 Å². The number of sulfone groups is 1. The fraction of sp³-hybridized carbons (Fsp3) is 0.333. The first kappa shape index (κ1) is 13.5. The second-order valence-electron chi connectivity index (χ2n) is 4.52. The summed E-state index contributed by atoms with van der Waals surface area (Å²) in [5.41, 5.74) is 1.03. The minimum atomic E-state index is -3.35. The molecule has 102 valence electrons. The fourth-order valence-electron chi connectivity index (χ4n) is 2.22. The van der Waals surface area contributed by atoms with E-state index in [9.17, 15) is 23.1 Å². The number of hydrogen-bond acceptors (Lipinski definition) is 4. The first-order chi connectivity index (χ1) is 8.71. The molecule has 1 unspecified atom stereocenters. The molecule has 0 bridgehead atoms. The Bertz CT molecular complexity index is 665. The lowest BCUT2D eigenvalue weighted by Gasteiger charge is -2.19. The molecule has 6 nitrogen and oxygen atoms in total. The van der Waals surface area contributed by atoms with Gasteiger partial charge >= 0.3 is 5.97 Å². The van der Waals surface area contributed by atoms with Crippen molar-refractivity contribution in [1.82, 2.24) is 4.90 Å². The van der Waals surface area contributed by atoms with E-state index in [0.29, 0.717) is 11.1 Å². The number of benzene rings is 1. The van der Waals surface area contributed by atoms with Crippen molar-refractivity contribution in [3.63, 3.8) is 0 Å². The molecule has 0 saturated carbocycles. The van der Waals surface area contributed by atoms with Crippen molar-refractivity contribution < 1.29 is 23.1 Å². The van der Waals surface area contributed by atoms with Crippen molar-refractivity contribution >= 4 is 21.7 Å². The molecule has 1 aliphatic rings. The monoisotopic (exact) mass is 283 g/mol. The summed E-state index contributed by atoms with van der Waals surface area (Å²) in [4.78, 5) is 24.0. The number of carbonyl (C=O) groups is 2. The van der Waals surface area contributed by atoms with Crippen molar-refractivity contribution in [2.75, 3.05) is 6.26 Å². The Morgan fingerprint density at radius 1 is 1.37 bits per heavy atom. The van der Waals surface area contributed by atoms with E-state index in [1.165, 1.54) is 30.0 Å². The van der Waals surface area contributed by atoms with E-state index in [2.05, 4.69) is 0 Å². The minimum Gasteiger partial charge on any atom is -0.479 e. The van der Waals surface area contributed by atoms with Gasteiger partial charge in [0.2, 0.25) is 5.91 Å². The van der Waals surface area contributed by atoms with Crippen LogP contribution in [0.4, 0.5) is 0 Å². The van der Waals surface area contributed by atoms with Crippen molar-refractivity contribution in [1.29, 1.82) is 0 Å². The molecular weight excluding hydrogens is 270 g/mol. The Morgan fingerprint density at radius 3 is 2.47 bits per heavy atom. The molecule has 0 aromatic heterocycles. The van der Waals surface area contributed by atoms with E-state index < -0.39 is 21.8 Å². The van der Waals surface area contributed by atoms with Crippen LogP contribution in [-0.2, 0) is 26.0 Å². The smallest absolute Gasteiger partial charge is 0.331 e. The second kappa shape index (κ2) is 4.34. The van der Waals surface area contributed by atoms with Gasteiger partial charge in [-0.2, -0.15) is 0 Å². The number of hydrogen-bond donors (Lipinski definition) is 1. The maximum Gasteiger partial charge on any atom is 0.331 e. The highest BCUT2D eigenvalue weighted by molar-refractivity contribution is 7.90. The third-order valence-corrected chi connectivity index (χ3v) is 4.24. The van der Waals surface area contributed by atoms with Crippen molar-refractivity contribution in [3.8, 4) is 0 Å². The SMILES string of the molecule is CC(=O)N1Cc2cc(S(C)(=O)=O)ccc2C1C(=O)O. The summed E-state index contributed by atoms with van der Waals surface area (Å²) in [6, 6.07) is 3.23. The third-order valence-electron chi connectivity index (χ3n) is 3.13. The Hall–Kier alpha value is -1.89. The van der Waals surface area contributed by atoms with E-state index in [1.54, 1.807) is 0 Å². The summed E-state index contributed by atoms with van der Waals surface area (Å²) in [5, 5.41) is 9.20. The molecule has 1 atom stereocenters. The summed E-state index contributed by atoms with van der Waals surface area (Å²) in [6.07, 6.45) is 1.08. The van der Waals surface area contributed by atoms with E-state index in [4.69, 9.17) is 0 Å². The number of amides is 1. The molecule has 0 aliphatic carbocycles. The molecule has 1 aromatic rings. The van der Waals surface area contributed by atoms with Gasteiger partial charge in [-0.25, -0.2) is 13.2 Å². The number of carbonyl (C=O) groups excluding carboxylic acids is 1. The van der Waals surface area contributed by atoms with Crippen LogP contribution in [0.3, 0.4) is 0 Å². The zero-order valence-corrected chi connectivity index (χ0v) is 11.3. The molecule has 1 aromatic carbocycles. The zero-order valence-electron chi connectivity index (χ0n) is 10.5. The van der Waals surface area contributed by atoms with Gasteiger partial charge in [-0.3, -0.25) is 4.79 Å².